The summed E-state index contributed by atoms with van der Waals surface area (Å²) in [4.78, 5) is 4.20. The lowest BCUT2D eigenvalue weighted by molar-refractivity contribution is 0.117. The average molecular weight is 419 g/mol. The fraction of sp³-hybridized carbons (Fsp3) is 0.588. The van der Waals surface area contributed by atoms with E-state index in [4.69, 9.17) is 4.74 Å². The molecule has 0 aliphatic heterocycles. The fourth-order valence-electron chi connectivity index (χ4n) is 1.82. The molecule has 4 nitrogen and oxygen atoms in total. The molecule has 0 saturated heterocycles. The van der Waals surface area contributed by atoms with E-state index in [1.165, 1.54) is 5.56 Å². The second kappa shape index (κ2) is 13.8. The number of unbranched alkanes of at least 4 members (excludes halogenated alkanes) is 1. The number of nitrogens with one attached hydrogen (secondary N) is 2. The van der Waals surface area contributed by atoms with Gasteiger partial charge in [0.25, 0.3) is 0 Å². The maximum Gasteiger partial charge on any atom is 0.190 e. The summed E-state index contributed by atoms with van der Waals surface area (Å²) >= 11 is 0. The van der Waals surface area contributed by atoms with Crippen LogP contribution in [-0.2, 0) is 11.3 Å². The van der Waals surface area contributed by atoms with E-state index in [-0.39, 0.29) is 24.0 Å². The minimum atomic E-state index is 0. The molecule has 126 valence electrons. The van der Waals surface area contributed by atoms with Crippen molar-refractivity contribution < 1.29 is 4.74 Å². The minimum absolute atomic E-state index is 0. The number of ether oxygens (including phenoxy) is 1. The van der Waals surface area contributed by atoms with Gasteiger partial charge in [-0.2, -0.15) is 0 Å². The van der Waals surface area contributed by atoms with Crippen LogP contribution in [0.4, 0.5) is 0 Å². The summed E-state index contributed by atoms with van der Waals surface area (Å²) in [6.45, 7) is 7.74. The summed E-state index contributed by atoms with van der Waals surface area (Å²) in [5.74, 6) is 1.50. The van der Waals surface area contributed by atoms with E-state index in [1.54, 1.807) is 7.05 Å². The standard InChI is InChI=1S/C17H29N3O.HI/c1-15(2)13-20-17(18-3)19-11-7-8-12-21-14-16-9-5-4-6-10-16;/h4-6,9-10,15H,7-8,11-14H2,1-3H3,(H2,18,19,20);1H. The highest BCUT2D eigenvalue weighted by atomic mass is 127. The molecule has 1 aromatic carbocycles. The predicted octanol–water partition coefficient (Wildman–Crippen LogP) is 3.42. The third-order valence-corrected chi connectivity index (χ3v) is 3.02. The van der Waals surface area contributed by atoms with Gasteiger partial charge < -0.3 is 15.4 Å². The second-order valence-corrected chi connectivity index (χ2v) is 5.52. The number of benzene rings is 1. The van der Waals surface area contributed by atoms with Crippen molar-refractivity contribution in [2.45, 2.75) is 33.3 Å². The topological polar surface area (TPSA) is 45.7 Å². The lowest BCUT2D eigenvalue weighted by Crippen LogP contribution is -2.39. The van der Waals surface area contributed by atoms with Crippen LogP contribution >= 0.6 is 24.0 Å². The lowest BCUT2D eigenvalue weighted by Gasteiger charge is -2.13. The van der Waals surface area contributed by atoms with E-state index in [0.717, 1.165) is 38.5 Å². The number of nitrogens with zero attached hydrogens (tertiary/aromatic N) is 1. The lowest BCUT2D eigenvalue weighted by atomic mass is 10.2. The molecule has 0 bridgehead atoms. The molecular weight excluding hydrogens is 389 g/mol. The summed E-state index contributed by atoms with van der Waals surface area (Å²) in [6, 6.07) is 10.3. The molecule has 0 aliphatic carbocycles. The van der Waals surface area contributed by atoms with E-state index in [0.29, 0.717) is 12.5 Å². The number of rotatable bonds is 9. The fourth-order valence-corrected chi connectivity index (χ4v) is 1.82. The van der Waals surface area contributed by atoms with Crippen molar-refractivity contribution >= 4 is 29.9 Å². The van der Waals surface area contributed by atoms with Gasteiger partial charge in [-0.3, -0.25) is 4.99 Å². The zero-order chi connectivity index (χ0) is 15.3. The van der Waals surface area contributed by atoms with Crippen molar-refractivity contribution in [3.63, 3.8) is 0 Å². The van der Waals surface area contributed by atoms with E-state index in [1.807, 2.05) is 18.2 Å². The van der Waals surface area contributed by atoms with Crippen LogP contribution in [0, 0.1) is 5.92 Å². The molecule has 0 heterocycles. The number of guanidine groups is 1. The summed E-state index contributed by atoms with van der Waals surface area (Å²) in [6.07, 6.45) is 2.14. The van der Waals surface area contributed by atoms with Crippen molar-refractivity contribution in [3.05, 3.63) is 35.9 Å². The molecular formula is C17H30IN3O. The van der Waals surface area contributed by atoms with Crippen LogP contribution in [0.25, 0.3) is 0 Å². The maximum absolute atomic E-state index is 5.66. The summed E-state index contributed by atoms with van der Waals surface area (Å²) in [5.41, 5.74) is 1.23. The van der Waals surface area contributed by atoms with Crippen LogP contribution in [0.15, 0.2) is 35.3 Å². The molecule has 1 rings (SSSR count). The number of hydrogen-bond acceptors (Lipinski definition) is 2. The van der Waals surface area contributed by atoms with Crippen LogP contribution in [0.2, 0.25) is 0 Å². The molecule has 0 atom stereocenters. The molecule has 0 amide bonds. The van der Waals surface area contributed by atoms with Crippen LogP contribution in [0.3, 0.4) is 0 Å². The molecule has 2 N–H and O–H groups in total. The molecule has 0 spiro atoms. The van der Waals surface area contributed by atoms with Crippen LogP contribution < -0.4 is 10.6 Å². The summed E-state index contributed by atoms with van der Waals surface area (Å²) in [5, 5.41) is 6.62. The van der Waals surface area contributed by atoms with E-state index >= 15 is 0 Å². The Balaban J connectivity index is 0.00000441. The van der Waals surface area contributed by atoms with Gasteiger partial charge in [0.2, 0.25) is 0 Å². The molecule has 0 fully saturated rings. The summed E-state index contributed by atoms with van der Waals surface area (Å²) < 4.78 is 5.66. The molecule has 5 heteroatoms. The van der Waals surface area contributed by atoms with Crippen molar-refractivity contribution in [1.29, 1.82) is 0 Å². The number of hydrogen-bond donors (Lipinski definition) is 2. The molecule has 0 aromatic heterocycles. The SMILES string of the molecule is CN=C(NCCCCOCc1ccccc1)NCC(C)C.I. The maximum atomic E-state index is 5.66. The Morgan fingerprint density at radius 3 is 2.50 bits per heavy atom. The minimum Gasteiger partial charge on any atom is -0.377 e. The Hall–Kier alpha value is -0.820. The molecule has 0 aliphatic rings. The molecule has 0 saturated carbocycles. The third-order valence-electron chi connectivity index (χ3n) is 3.02. The highest BCUT2D eigenvalue weighted by molar-refractivity contribution is 14.0. The Morgan fingerprint density at radius 2 is 1.86 bits per heavy atom. The van der Waals surface area contributed by atoms with Gasteiger partial charge in [-0.05, 0) is 24.3 Å². The monoisotopic (exact) mass is 419 g/mol. The zero-order valence-electron chi connectivity index (χ0n) is 14.0. The van der Waals surface area contributed by atoms with Gasteiger partial charge in [0.1, 0.15) is 0 Å². The second-order valence-electron chi connectivity index (χ2n) is 5.52. The van der Waals surface area contributed by atoms with Crippen molar-refractivity contribution in [1.82, 2.24) is 10.6 Å². The van der Waals surface area contributed by atoms with Crippen LogP contribution in [0.5, 0.6) is 0 Å². The largest absolute Gasteiger partial charge is 0.377 e. The molecule has 0 radical (unpaired) electrons. The summed E-state index contributed by atoms with van der Waals surface area (Å²) in [7, 11) is 1.80. The van der Waals surface area contributed by atoms with Crippen LogP contribution in [0.1, 0.15) is 32.3 Å². The Labute approximate surface area is 152 Å². The van der Waals surface area contributed by atoms with Crippen molar-refractivity contribution in [3.8, 4) is 0 Å². The first-order chi connectivity index (χ1) is 10.2. The first-order valence-electron chi connectivity index (χ1n) is 7.78. The average Bonchev–Trinajstić information content (AvgIpc) is 2.50. The quantitative estimate of drug-likeness (QED) is 0.279. The number of halogens is 1. The highest BCUT2D eigenvalue weighted by Crippen LogP contribution is 2.01. The van der Waals surface area contributed by atoms with E-state index < -0.39 is 0 Å². The van der Waals surface area contributed by atoms with E-state index in [2.05, 4.69) is 41.6 Å². The number of aliphatic imine (C=N–C) groups is 1. The van der Waals surface area contributed by atoms with Gasteiger partial charge in [0.15, 0.2) is 5.96 Å². The Morgan fingerprint density at radius 1 is 1.14 bits per heavy atom. The predicted molar refractivity (Wildman–Crippen MR) is 105 cm³/mol. The van der Waals surface area contributed by atoms with Gasteiger partial charge in [-0.15, -0.1) is 24.0 Å². The van der Waals surface area contributed by atoms with Crippen molar-refractivity contribution in [2.75, 3.05) is 26.7 Å². The van der Waals surface area contributed by atoms with Crippen LogP contribution in [-0.4, -0.2) is 32.7 Å². The van der Waals surface area contributed by atoms with E-state index in [9.17, 15) is 0 Å². The molecule has 22 heavy (non-hydrogen) atoms. The highest BCUT2D eigenvalue weighted by Gasteiger charge is 1.98. The smallest absolute Gasteiger partial charge is 0.190 e. The van der Waals surface area contributed by atoms with Gasteiger partial charge >= 0.3 is 0 Å². The first-order valence-corrected chi connectivity index (χ1v) is 7.78. The van der Waals surface area contributed by atoms with Gasteiger partial charge in [-0.1, -0.05) is 44.2 Å². The third kappa shape index (κ3) is 10.8. The zero-order valence-corrected chi connectivity index (χ0v) is 16.3. The molecule has 1 aromatic rings. The first kappa shape index (κ1) is 21.2. The van der Waals surface area contributed by atoms with Gasteiger partial charge in [0, 0.05) is 26.7 Å². The van der Waals surface area contributed by atoms with Gasteiger partial charge in [0.05, 0.1) is 6.61 Å². The van der Waals surface area contributed by atoms with Crippen molar-refractivity contribution in [2.24, 2.45) is 10.9 Å². The normalized spacial score (nSPS) is 11.2. The Kier molecular flexibility index (Phi) is 13.3. The molecule has 0 unspecified atom stereocenters. The Bertz CT molecular complexity index is 396. The van der Waals surface area contributed by atoms with Gasteiger partial charge in [-0.25, -0.2) is 0 Å².